The molecule has 0 saturated heterocycles. The highest BCUT2D eigenvalue weighted by molar-refractivity contribution is 5.33. The maximum atomic E-state index is 5.56. The van der Waals surface area contributed by atoms with E-state index in [1.165, 1.54) is 63.4 Å². The van der Waals surface area contributed by atoms with Gasteiger partial charge in [0.05, 0.1) is 0 Å². The second-order valence-corrected chi connectivity index (χ2v) is 6.65. The van der Waals surface area contributed by atoms with Crippen LogP contribution in [-0.4, -0.2) is 13.2 Å². The summed E-state index contributed by atoms with van der Waals surface area (Å²) in [5, 5.41) is 0. The minimum absolute atomic E-state index is 0.411. The molecule has 21 heavy (non-hydrogen) atoms. The smallest absolute Gasteiger partial charge is 0.0491 e. The molecule has 0 saturated carbocycles. The van der Waals surface area contributed by atoms with Gasteiger partial charge in [-0.2, -0.15) is 0 Å². The maximum Gasteiger partial charge on any atom is 0.0491 e. The summed E-state index contributed by atoms with van der Waals surface area (Å²) in [5.74, 6) is 0.411. The molecule has 1 radical (unpaired) electrons. The number of hydrogen-bond donors (Lipinski definition) is 0. The van der Waals surface area contributed by atoms with E-state index in [0.717, 1.165) is 13.2 Å². The van der Waals surface area contributed by atoms with Gasteiger partial charge in [-0.3, -0.25) is 0 Å². The highest BCUT2D eigenvalue weighted by Crippen LogP contribution is 2.23. The Labute approximate surface area is 131 Å². The largest absolute Gasteiger partial charge is 0.381 e. The lowest BCUT2D eigenvalue weighted by Gasteiger charge is -2.16. The number of rotatable bonds is 9. The lowest BCUT2D eigenvalue weighted by Crippen LogP contribution is -2.03. The molecule has 1 unspecified atom stereocenters. The van der Waals surface area contributed by atoms with Crippen LogP contribution in [0, 0.1) is 12.8 Å². The van der Waals surface area contributed by atoms with Crippen LogP contribution in [0.5, 0.6) is 0 Å². The van der Waals surface area contributed by atoms with Crippen LogP contribution >= 0.6 is 0 Å². The molecule has 1 aliphatic carbocycles. The molecule has 1 heteroatoms. The van der Waals surface area contributed by atoms with Crippen molar-refractivity contribution < 1.29 is 4.74 Å². The van der Waals surface area contributed by atoms with E-state index < -0.39 is 0 Å². The van der Waals surface area contributed by atoms with E-state index in [0.29, 0.717) is 5.92 Å². The number of benzene rings is 1. The molecular formula is C20H31O. The molecule has 0 bridgehead atoms. The number of hydrogen-bond acceptors (Lipinski definition) is 1. The summed E-state index contributed by atoms with van der Waals surface area (Å²) in [5.41, 5.74) is 4.76. The Balaban J connectivity index is 1.56. The zero-order valence-corrected chi connectivity index (χ0v) is 13.7. The molecule has 1 nitrogen and oxygen atoms in total. The summed E-state index contributed by atoms with van der Waals surface area (Å²) in [4.78, 5) is 0. The Morgan fingerprint density at radius 1 is 1.05 bits per heavy atom. The van der Waals surface area contributed by atoms with Gasteiger partial charge in [-0.05, 0) is 74.5 Å². The van der Waals surface area contributed by atoms with E-state index in [1.54, 1.807) is 11.1 Å². The van der Waals surface area contributed by atoms with E-state index in [-0.39, 0.29) is 0 Å². The Kier molecular flexibility index (Phi) is 7.29. The normalized spacial score (nSPS) is 14.4. The van der Waals surface area contributed by atoms with E-state index in [9.17, 15) is 0 Å². The number of fused-ring (bicyclic) bond motifs is 1. The highest BCUT2D eigenvalue weighted by Gasteiger charge is 2.09. The van der Waals surface area contributed by atoms with Crippen molar-refractivity contribution in [1.29, 1.82) is 0 Å². The summed E-state index contributed by atoms with van der Waals surface area (Å²) >= 11 is 0. The number of unbranched alkanes of at least 4 members (excludes halogenated alkanes) is 3. The molecule has 2 rings (SSSR count). The molecular weight excluding hydrogens is 256 g/mol. The fraction of sp³-hybridized carbons (Fsp3) is 0.650. The third-order valence-electron chi connectivity index (χ3n) is 4.32. The van der Waals surface area contributed by atoms with Gasteiger partial charge in [-0.15, -0.1) is 0 Å². The molecule has 0 aromatic heterocycles. The number of ether oxygens (including phenoxy) is 1. The molecule has 0 aliphatic heterocycles. The van der Waals surface area contributed by atoms with Crippen molar-refractivity contribution in [3.8, 4) is 0 Å². The van der Waals surface area contributed by atoms with Gasteiger partial charge in [0.25, 0.3) is 0 Å². The monoisotopic (exact) mass is 287 g/mol. The molecule has 0 N–H and O–H groups in total. The molecule has 1 aromatic rings. The van der Waals surface area contributed by atoms with Crippen LogP contribution in [0.25, 0.3) is 0 Å². The Morgan fingerprint density at radius 2 is 1.81 bits per heavy atom. The molecule has 0 fully saturated rings. The van der Waals surface area contributed by atoms with E-state index >= 15 is 0 Å². The number of aryl methyl sites for hydroxylation is 3. The average molecular weight is 287 g/mol. The second-order valence-electron chi connectivity index (χ2n) is 6.65. The predicted octanol–water partition coefficient (Wildman–Crippen LogP) is 5.16. The van der Waals surface area contributed by atoms with Crippen LogP contribution in [0.1, 0.15) is 62.1 Å². The molecule has 0 spiro atoms. The van der Waals surface area contributed by atoms with Crippen molar-refractivity contribution in [2.24, 2.45) is 5.92 Å². The topological polar surface area (TPSA) is 9.23 Å². The van der Waals surface area contributed by atoms with Gasteiger partial charge in [0.15, 0.2) is 0 Å². The lowest BCUT2D eigenvalue weighted by molar-refractivity contribution is 0.112. The molecule has 0 heterocycles. The van der Waals surface area contributed by atoms with Gasteiger partial charge < -0.3 is 4.74 Å². The summed E-state index contributed by atoms with van der Waals surface area (Å²) in [6, 6.07) is 7.19. The van der Waals surface area contributed by atoms with Gasteiger partial charge in [0.2, 0.25) is 0 Å². The van der Waals surface area contributed by atoms with E-state index in [4.69, 9.17) is 4.74 Å². The second kappa shape index (κ2) is 9.25. The third kappa shape index (κ3) is 6.22. The Hall–Kier alpha value is -0.820. The van der Waals surface area contributed by atoms with Crippen molar-refractivity contribution in [2.45, 2.75) is 64.7 Å². The minimum Gasteiger partial charge on any atom is -0.381 e. The average Bonchev–Trinajstić information content (AvgIpc) is 2.49. The van der Waals surface area contributed by atoms with Crippen molar-refractivity contribution in [3.05, 3.63) is 41.8 Å². The molecule has 117 valence electrons. The van der Waals surface area contributed by atoms with Crippen LogP contribution in [0.2, 0.25) is 0 Å². The fourth-order valence-electron chi connectivity index (χ4n) is 3.11. The Morgan fingerprint density at radius 3 is 2.62 bits per heavy atom. The van der Waals surface area contributed by atoms with Gasteiger partial charge in [0.1, 0.15) is 0 Å². The standard InChI is InChI=1S/C20H31O/c1-17(2)16-21-14-8-4-3-5-9-18-12-13-19-10-6-7-11-20(19)15-18/h12-13,15,17H,1,3-11,14,16H2,2H3. The van der Waals surface area contributed by atoms with Crippen molar-refractivity contribution >= 4 is 0 Å². The molecule has 1 aromatic carbocycles. The SMILES string of the molecule is [CH2]C(C)COCCCCCCc1ccc2c(c1)CCCC2. The van der Waals surface area contributed by atoms with Crippen LogP contribution < -0.4 is 0 Å². The quantitative estimate of drug-likeness (QED) is 0.570. The van der Waals surface area contributed by atoms with Crippen molar-refractivity contribution in [3.63, 3.8) is 0 Å². The highest BCUT2D eigenvalue weighted by atomic mass is 16.5. The van der Waals surface area contributed by atoms with Crippen molar-refractivity contribution in [1.82, 2.24) is 0 Å². The molecule has 1 aliphatic rings. The van der Waals surface area contributed by atoms with Crippen LogP contribution in [0.15, 0.2) is 18.2 Å². The lowest BCUT2D eigenvalue weighted by atomic mass is 9.89. The summed E-state index contributed by atoms with van der Waals surface area (Å²) in [7, 11) is 0. The minimum atomic E-state index is 0.411. The first kappa shape index (κ1) is 16.5. The zero-order valence-electron chi connectivity index (χ0n) is 13.7. The van der Waals surface area contributed by atoms with Gasteiger partial charge >= 0.3 is 0 Å². The van der Waals surface area contributed by atoms with Crippen LogP contribution in [0.3, 0.4) is 0 Å². The van der Waals surface area contributed by atoms with Gasteiger partial charge in [-0.25, -0.2) is 0 Å². The van der Waals surface area contributed by atoms with Crippen molar-refractivity contribution in [2.75, 3.05) is 13.2 Å². The van der Waals surface area contributed by atoms with Crippen LogP contribution in [0.4, 0.5) is 0 Å². The van der Waals surface area contributed by atoms with Crippen LogP contribution in [-0.2, 0) is 24.0 Å². The summed E-state index contributed by atoms with van der Waals surface area (Å²) in [6.45, 7) is 7.72. The van der Waals surface area contributed by atoms with E-state index in [2.05, 4.69) is 32.0 Å². The Bertz CT molecular complexity index is 408. The predicted molar refractivity (Wildman–Crippen MR) is 90.6 cm³/mol. The molecule has 0 amide bonds. The maximum absolute atomic E-state index is 5.56. The molecule has 1 atom stereocenters. The summed E-state index contributed by atoms with van der Waals surface area (Å²) in [6.07, 6.45) is 11.7. The van der Waals surface area contributed by atoms with Gasteiger partial charge in [-0.1, -0.05) is 38.0 Å². The third-order valence-corrected chi connectivity index (χ3v) is 4.32. The van der Waals surface area contributed by atoms with Gasteiger partial charge in [0, 0.05) is 13.2 Å². The fourth-order valence-corrected chi connectivity index (χ4v) is 3.11. The first-order chi connectivity index (χ1) is 10.3. The van der Waals surface area contributed by atoms with E-state index in [1.807, 2.05) is 0 Å². The first-order valence-electron chi connectivity index (χ1n) is 8.77. The first-order valence-corrected chi connectivity index (χ1v) is 8.77. The zero-order chi connectivity index (χ0) is 14.9. The summed E-state index contributed by atoms with van der Waals surface area (Å²) < 4.78 is 5.56.